The van der Waals surface area contributed by atoms with E-state index in [1.54, 1.807) is 24.5 Å². The summed E-state index contributed by atoms with van der Waals surface area (Å²) in [6.45, 7) is 1.71. The number of amides is 1. The first-order valence-corrected chi connectivity index (χ1v) is 7.35. The second-order valence-electron chi connectivity index (χ2n) is 4.98. The molecule has 5 heteroatoms. The van der Waals surface area contributed by atoms with Gasteiger partial charge in [-0.1, -0.05) is 24.3 Å². The van der Waals surface area contributed by atoms with E-state index in [2.05, 4.69) is 15.6 Å². The summed E-state index contributed by atoms with van der Waals surface area (Å²) in [5, 5.41) is 5.99. The molecule has 0 spiro atoms. The van der Waals surface area contributed by atoms with E-state index in [1.165, 1.54) is 6.07 Å². The fourth-order valence-corrected chi connectivity index (χ4v) is 2.04. The van der Waals surface area contributed by atoms with Crippen LogP contribution in [0.2, 0.25) is 0 Å². The molecular formula is C17H20FN3O. The van der Waals surface area contributed by atoms with E-state index >= 15 is 0 Å². The average molecular weight is 301 g/mol. The Balaban J connectivity index is 1.57. The molecule has 0 aliphatic heterocycles. The Morgan fingerprint density at radius 1 is 1.14 bits per heavy atom. The van der Waals surface area contributed by atoms with Gasteiger partial charge in [0, 0.05) is 31.9 Å². The van der Waals surface area contributed by atoms with E-state index in [0.29, 0.717) is 38.0 Å². The molecule has 1 aromatic carbocycles. The van der Waals surface area contributed by atoms with E-state index in [4.69, 9.17) is 0 Å². The summed E-state index contributed by atoms with van der Waals surface area (Å²) in [4.78, 5) is 15.7. The van der Waals surface area contributed by atoms with Gasteiger partial charge in [-0.05, 0) is 36.2 Å². The third-order valence-corrected chi connectivity index (χ3v) is 3.27. The molecule has 4 nitrogen and oxygen atoms in total. The lowest BCUT2D eigenvalue weighted by atomic mass is 10.1. The summed E-state index contributed by atoms with van der Waals surface area (Å²) >= 11 is 0. The number of carbonyl (C=O) groups is 1. The van der Waals surface area contributed by atoms with Crippen LogP contribution in [0.15, 0.2) is 48.8 Å². The van der Waals surface area contributed by atoms with Gasteiger partial charge in [0.05, 0.1) is 0 Å². The van der Waals surface area contributed by atoms with Crippen LogP contribution in [0.3, 0.4) is 0 Å². The van der Waals surface area contributed by atoms with Crippen LogP contribution in [0.25, 0.3) is 0 Å². The van der Waals surface area contributed by atoms with Crippen LogP contribution in [0.5, 0.6) is 0 Å². The van der Waals surface area contributed by atoms with Crippen molar-refractivity contribution in [2.45, 2.75) is 19.4 Å². The monoisotopic (exact) mass is 301 g/mol. The average Bonchev–Trinajstić information content (AvgIpc) is 2.55. The predicted octanol–water partition coefficient (Wildman–Crippen LogP) is 2.06. The normalized spacial score (nSPS) is 10.4. The van der Waals surface area contributed by atoms with Gasteiger partial charge >= 0.3 is 0 Å². The van der Waals surface area contributed by atoms with Crippen molar-refractivity contribution in [2.24, 2.45) is 0 Å². The minimum absolute atomic E-state index is 0.0118. The molecule has 0 aliphatic carbocycles. The Morgan fingerprint density at radius 2 is 2.00 bits per heavy atom. The molecule has 0 fully saturated rings. The highest BCUT2D eigenvalue weighted by atomic mass is 19.1. The maximum absolute atomic E-state index is 13.4. The fraction of sp³-hybridized carbons (Fsp3) is 0.294. The third kappa shape index (κ3) is 5.61. The standard InChI is InChI=1S/C17H20FN3O/c18-16-6-2-1-5-15(16)7-10-19-11-8-17(22)21-13-14-4-3-9-20-12-14/h1-6,9,12,19H,7-8,10-11,13H2,(H,21,22). The van der Waals surface area contributed by atoms with Crippen molar-refractivity contribution in [3.05, 3.63) is 65.7 Å². The number of nitrogens with zero attached hydrogens (tertiary/aromatic N) is 1. The number of rotatable bonds is 8. The minimum atomic E-state index is -0.182. The maximum Gasteiger partial charge on any atom is 0.221 e. The molecule has 0 aliphatic rings. The van der Waals surface area contributed by atoms with Gasteiger partial charge in [0.1, 0.15) is 5.82 Å². The molecule has 1 amide bonds. The van der Waals surface area contributed by atoms with Gasteiger partial charge in [-0.3, -0.25) is 9.78 Å². The molecular weight excluding hydrogens is 281 g/mol. The molecule has 116 valence electrons. The van der Waals surface area contributed by atoms with Crippen LogP contribution < -0.4 is 10.6 Å². The van der Waals surface area contributed by atoms with Gasteiger partial charge in [0.2, 0.25) is 5.91 Å². The number of halogens is 1. The maximum atomic E-state index is 13.4. The molecule has 2 N–H and O–H groups in total. The minimum Gasteiger partial charge on any atom is -0.352 e. The van der Waals surface area contributed by atoms with E-state index < -0.39 is 0 Å². The van der Waals surface area contributed by atoms with Crippen molar-refractivity contribution in [3.8, 4) is 0 Å². The Bertz CT molecular complexity index is 589. The predicted molar refractivity (Wildman–Crippen MR) is 83.7 cm³/mol. The first-order chi connectivity index (χ1) is 10.8. The van der Waals surface area contributed by atoms with E-state index in [9.17, 15) is 9.18 Å². The van der Waals surface area contributed by atoms with Crippen LogP contribution >= 0.6 is 0 Å². The van der Waals surface area contributed by atoms with Gasteiger partial charge in [0.25, 0.3) is 0 Å². The zero-order valence-corrected chi connectivity index (χ0v) is 12.4. The summed E-state index contributed by atoms with van der Waals surface area (Å²) in [6.07, 6.45) is 4.44. The zero-order valence-electron chi connectivity index (χ0n) is 12.4. The lowest BCUT2D eigenvalue weighted by Crippen LogP contribution is -2.28. The summed E-state index contributed by atoms with van der Waals surface area (Å²) in [7, 11) is 0. The summed E-state index contributed by atoms with van der Waals surface area (Å²) in [6, 6.07) is 10.5. The topological polar surface area (TPSA) is 54.0 Å². The molecule has 2 rings (SSSR count). The molecule has 0 atom stereocenters. The smallest absolute Gasteiger partial charge is 0.221 e. The zero-order chi connectivity index (χ0) is 15.6. The Hall–Kier alpha value is -2.27. The number of carbonyl (C=O) groups excluding carboxylic acids is 1. The number of aromatic nitrogens is 1. The van der Waals surface area contributed by atoms with Crippen molar-refractivity contribution in [1.29, 1.82) is 0 Å². The van der Waals surface area contributed by atoms with Gasteiger partial charge in [-0.2, -0.15) is 0 Å². The number of hydrogen-bond donors (Lipinski definition) is 2. The van der Waals surface area contributed by atoms with Crippen molar-refractivity contribution in [2.75, 3.05) is 13.1 Å². The van der Waals surface area contributed by atoms with Crippen molar-refractivity contribution in [1.82, 2.24) is 15.6 Å². The SMILES string of the molecule is O=C(CCNCCc1ccccc1F)NCc1cccnc1. The molecule has 0 saturated carbocycles. The lowest BCUT2D eigenvalue weighted by Gasteiger charge is -2.07. The molecule has 1 aromatic heterocycles. The summed E-state index contributed by atoms with van der Waals surface area (Å²) in [5.41, 5.74) is 1.67. The molecule has 0 bridgehead atoms. The highest BCUT2D eigenvalue weighted by Gasteiger charge is 2.02. The Kier molecular flexibility index (Phi) is 6.51. The van der Waals surface area contributed by atoms with E-state index in [1.807, 2.05) is 18.2 Å². The van der Waals surface area contributed by atoms with Crippen LogP contribution in [0.4, 0.5) is 4.39 Å². The summed E-state index contributed by atoms with van der Waals surface area (Å²) < 4.78 is 13.4. The first-order valence-electron chi connectivity index (χ1n) is 7.35. The van der Waals surface area contributed by atoms with Gasteiger partial charge in [-0.15, -0.1) is 0 Å². The highest BCUT2D eigenvalue weighted by molar-refractivity contribution is 5.76. The van der Waals surface area contributed by atoms with Crippen molar-refractivity contribution < 1.29 is 9.18 Å². The number of benzene rings is 1. The largest absolute Gasteiger partial charge is 0.352 e. The van der Waals surface area contributed by atoms with Gasteiger partial charge < -0.3 is 10.6 Å². The van der Waals surface area contributed by atoms with Crippen LogP contribution in [0.1, 0.15) is 17.5 Å². The molecule has 0 saturated heterocycles. The van der Waals surface area contributed by atoms with Gasteiger partial charge in [-0.25, -0.2) is 4.39 Å². The van der Waals surface area contributed by atoms with E-state index in [-0.39, 0.29) is 11.7 Å². The van der Waals surface area contributed by atoms with Gasteiger partial charge in [0.15, 0.2) is 0 Å². The van der Waals surface area contributed by atoms with Crippen molar-refractivity contribution >= 4 is 5.91 Å². The first kappa shape index (κ1) is 16.1. The molecule has 22 heavy (non-hydrogen) atoms. The lowest BCUT2D eigenvalue weighted by molar-refractivity contribution is -0.121. The number of pyridine rings is 1. The van der Waals surface area contributed by atoms with Crippen LogP contribution in [-0.2, 0) is 17.8 Å². The Labute approximate surface area is 129 Å². The number of nitrogens with one attached hydrogen (secondary N) is 2. The van der Waals surface area contributed by atoms with Crippen molar-refractivity contribution in [3.63, 3.8) is 0 Å². The van der Waals surface area contributed by atoms with Crippen LogP contribution in [-0.4, -0.2) is 24.0 Å². The quantitative estimate of drug-likeness (QED) is 0.734. The number of hydrogen-bond acceptors (Lipinski definition) is 3. The second-order valence-corrected chi connectivity index (χ2v) is 4.98. The molecule has 0 radical (unpaired) electrons. The fourth-order valence-electron chi connectivity index (χ4n) is 2.04. The second kappa shape index (κ2) is 8.89. The highest BCUT2D eigenvalue weighted by Crippen LogP contribution is 2.06. The molecule has 1 heterocycles. The third-order valence-electron chi connectivity index (χ3n) is 3.27. The van der Waals surface area contributed by atoms with Crippen LogP contribution in [0, 0.1) is 5.82 Å². The summed E-state index contributed by atoms with van der Waals surface area (Å²) in [5.74, 6) is -0.194. The Morgan fingerprint density at radius 3 is 2.77 bits per heavy atom. The molecule has 2 aromatic rings. The molecule has 0 unspecified atom stereocenters. The van der Waals surface area contributed by atoms with E-state index in [0.717, 1.165) is 5.56 Å².